The Morgan fingerprint density at radius 3 is 2.75 bits per heavy atom. The Kier molecular flexibility index (Phi) is 6.21. The molecular formula is C19H31N3O2. The summed E-state index contributed by atoms with van der Waals surface area (Å²) in [5.41, 5.74) is 0.736. The largest absolute Gasteiger partial charge is 0.443 e. The van der Waals surface area contributed by atoms with E-state index in [4.69, 9.17) is 4.74 Å². The molecule has 2 heterocycles. The fraction of sp³-hybridized carbons (Fsp3) is 0.684. The van der Waals surface area contributed by atoms with E-state index in [9.17, 15) is 4.79 Å². The quantitative estimate of drug-likeness (QED) is 0.801. The Morgan fingerprint density at radius 2 is 2.17 bits per heavy atom. The zero-order chi connectivity index (χ0) is 17.7. The Morgan fingerprint density at radius 1 is 1.42 bits per heavy atom. The van der Waals surface area contributed by atoms with Crippen LogP contribution < -0.4 is 4.90 Å². The van der Waals surface area contributed by atoms with Crippen LogP contribution >= 0.6 is 0 Å². The summed E-state index contributed by atoms with van der Waals surface area (Å²) in [6.45, 7) is 10.1. The number of aromatic nitrogens is 1. The van der Waals surface area contributed by atoms with E-state index in [0.717, 1.165) is 6.54 Å². The summed E-state index contributed by atoms with van der Waals surface area (Å²) in [6, 6.07) is 4.47. The van der Waals surface area contributed by atoms with Gasteiger partial charge < -0.3 is 4.74 Å². The fourth-order valence-corrected chi connectivity index (χ4v) is 3.05. The summed E-state index contributed by atoms with van der Waals surface area (Å²) >= 11 is 0. The minimum Gasteiger partial charge on any atom is -0.443 e. The molecule has 0 radical (unpaired) electrons. The van der Waals surface area contributed by atoms with Crippen LogP contribution in [0.25, 0.3) is 0 Å². The van der Waals surface area contributed by atoms with E-state index in [1.54, 1.807) is 7.05 Å². The molecule has 1 aromatic rings. The maximum Gasteiger partial charge on any atom is 0.415 e. The number of hydrogen-bond donors (Lipinski definition) is 0. The topological polar surface area (TPSA) is 45.7 Å². The molecule has 1 aromatic heterocycles. The van der Waals surface area contributed by atoms with Gasteiger partial charge in [0.15, 0.2) is 0 Å². The Balaban J connectivity index is 2.03. The third-order valence-electron chi connectivity index (χ3n) is 4.33. The van der Waals surface area contributed by atoms with Gasteiger partial charge in [0, 0.05) is 19.3 Å². The van der Waals surface area contributed by atoms with Crippen LogP contribution in [0.15, 0.2) is 18.3 Å². The number of anilines is 1. The molecule has 24 heavy (non-hydrogen) atoms. The van der Waals surface area contributed by atoms with Crippen LogP contribution in [-0.2, 0) is 4.74 Å². The third kappa shape index (κ3) is 4.94. The van der Waals surface area contributed by atoms with E-state index >= 15 is 0 Å². The van der Waals surface area contributed by atoms with E-state index in [-0.39, 0.29) is 6.09 Å². The van der Waals surface area contributed by atoms with Crippen molar-refractivity contribution in [1.29, 1.82) is 0 Å². The number of amides is 1. The van der Waals surface area contributed by atoms with Crippen molar-refractivity contribution in [2.45, 2.75) is 65.0 Å². The maximum atomic E-state index is 12.1. The first-order chi connectivity index (χ1) is 11.3. The lowest BCUT2D eigenvalue weighted by Crippen LogP contribution is -2.34. The summed E-state index contributed by atoms with van der Waals surface area (Å²) in [4.78, 5) is 20.6. The molecule has 0 spiro atoms. The number of pyridine rings is 1. The summed E-state index contributed by atoms with van der Waals surface area (Å²) < 4.78 is 5.38. The predicted molar refractivity (Wildman–Crippen MR) is 97.3 cm³/mol. The van der Waals surface area contributed by atoms with Crippen molar-refractivity contribution >= 4 is 11.9 Å². The summed E-state index contributed by atoms with van der Waals surface area (Å²) in [5.74, 6) is 0.617. The van der Waals surface area contributed by atoms with Crippen molar-refractivity contribution in [1.82, 2.24) is 9.88 Å². The minimum atomic E-state index is -0.505. The molecule has 1 fully saturated rings. The van der Waals surface area contributed by atoms with E-state index in [1.807, 2.05) is 33.0 Å². The smallest absolute Gasteiger partial charge is 0.415 e. The van der Waals surface area contributed by atoms with Crippen molar-refractivity contribution in [3.05, 3.63) is 23.9 Å². The van der Waals surface area contributed by atoms with Crippen molar-refractivity contribution in [3.8, 4) is 0 Å². The molecule has 0 aliphatic carbocycles. The number of carbonyl (C=O) groups is 1. The van der Waals surface area contributed by atoms with Crippen molar-refractivity contribution in [2.75, 3.05) is 25.0 Å². The highest BCUT2D eigenvalue weighted by Crippen LogP contribution is 2.32. The molecular weight excluding hydrogens is 302 g/mol. The van der Waals surface area contributed by atoms with Crippen molar-refractivity contribution < 1.29 is 9.53 Å². The monoisotopic (exact) mass is 333 g/mol. The van der Waals surface area contributed by atoms with Gasteiger partial charge >= 0.3 is 6.09 Å². The Labute approximate surface area is 146 Å². The average molecular weight is 333 g/mol. The van der Waals surface area contributed by atoms with Gasteiger partial charge in [-0.15, -0.1) is 0 Å². The first kappa shape index (κ1) is 18.7. The van der Waals surface area contributed by atoms with Gasteiger partial charge in [0.2, 0.25) is 0 Å². The number of hydrogen-bond acceptors (Lipinski definition) is 4. The minimum absolute atomic E-state index is 0.381. The molecule has 0 saturated carbocycles. The van der Waals surface area contributed by atoms with Crippen LogP contribution in [0.3, 0.4) is 0 Å². The number of nitrogens with zero attached hydrogens (tertiary/aromatic N) is 3. The van der Waals surface area contributed by atoms with E-state index in [2.05, 4.69) is 22.9 Å². The second-order valence-corrected chi connectivity index (χ2v) is 7.54. The van der Waals surface area contributed by atoms with Gasteiger partial charge in [-0.25, -0.2) is 9.78 Å². The van der Waals surface area contributed by atoms with Crippen molar-refractivity contribution in [2.24, 2.45) is 0 Å². The zero-order valence-corrected chi connectivity index (χ0v) is 15.7. The Hall–Kier alpha value is -1.62. The lowest BCUT2D eigenvalue weighted by molar-refractivity contribution is 0.0588. The van der Waals surface area contributed by atoms with Gasteiger partial charge in [-0.2, -0.15) is 0 Å². The van der Waals surface area contributed by atoms with Crippen LogP contribution in [0, 0.1) is 0 Å². The van der Waals surface area contributed by atoms with Crippen LogP contribution in [0.4, 0.5) is 10.6 Å². The van der Waals surface area contributed by atoms with Crippen LogP contribution in [0.2, 0.25) is 0 Å². The summed E-state index contributed by atoms with van der Waals surface area (Å²) in [5, 5.41) is 0. The highest BCUT2D eigenvalue weighted by Gasteiger charge is 2.26. The van der Waals surface area contributed by atoms with Gasteiger partial charge in [-0.05, 0) is 64.8 Å². The molecule has 1 saturated heterocycles. The molecule has 1 aliphatic heterocycles. The SMILES string of the molecule is CCCCN1CCCC1c1ccc(N(C)C(=O)OC(C)(C)C)nc1. The molecule has 1 aliphatic rings. The van der Waals surface area contributed by atoms with E-state index in [1.165, 1.54) is 42.7 Å². The van der Waals surface area contributed by atoms with E-state index in [0.29, 0.717) is 11.9 Å². The first-order valence-electron chi connectivity index (χ1n) is 8.98. The van der Waals surface area contributed by atoms with E-state index < -0.39 is 5.60 Å². The Bertz CT molecular complexity index is 537. The van der Waals surface area contributed by atoms with Crippen LogP contribution in [0.1, 0.15) is 65.0 Å². The first-order valence-corrected chi connectivity index (χ1v) is 8.98. The summed E-state index contributed by atoms with van der Waals surface area (Å²) in [7, 11) is 1.69. The normalized spacial score (nSPS) is 18.6. The zero-order valence-electron chi connectivity index (χ0n) is 15.7. The maximum absolute atomic E-state index is 12.1. The number of unbranched alkanes of at least 4 members (excludes halogenated alkanes) is 1. The van der Waals surface area contributed by atoms with Gasteiger partial charge in [-0.1, -0.05) is 19.4 Å². The number of ether oxygens (including phenoxy) is 1. The molecule has 134 valence electrons. The summed E-state index contributed by atoms with van der Waals surface area (Å²) in [6.07, 6.45) is 6.42. The highest BCUT2D eigenvalue weighted by atomic mass is 16.6. The molecule has 1 unspecified atom stereocenters. The molecule has 0 bridgehead atoms. The highest BCUT2D eigenvalue weighted by molar-refractivity contribution is 5.85. The average Bonchev–Trinajstić information content (AvgIpc) is 2.99. The number of rotatable bonds is 5. The third-order valence-corrected chi connectivity index (χ3v) is 4.33. The number of carbonyl (C=O) groups excluding carboxylic acids is 1. The standard InChI is InChI=1S/C19H31N3O2/c1-6-7-12-22-13-8-9-16(22)15-10-11-17(20-14-15)21(5)18(23)24-19(2,3)4/h10-11,14,16H,6-9,12-13H2,1-5H3. The van der Waals surface area contributed by atoms with Crippen LogP contribution in [-0.4, -0.2) is 41.7 Å². The second kappa shape index (κ2) is 7.97. The molecule has 5 heteroatoms. The van der Waals surface area contributed by atoms with Gasteiger partial charge in [0.1, 0.15) is 11.4 Å². The second-order valence-electron chi connectivity index (χ2n) is 7.54. The van der Waals surface area contributed by atoms with Crippen molar-refractivity contribution in [3.63, 3.8) is 0 Å². The molecule has 5 nitrogen and oxygen atoms in total. The molecule has 1 amide bonds. The molecule has 0 N–H and O–H groups in total. The molecule has 2 rings (SSSR count). The predicted octanol–water partition coefficient (Wildman–Crippen LogP) is 4.39. The van der Waals surface area contributed by atoms with Gasteiger partial charge in [0.05, 0.1) is 0 Å². The lowest BCUT2D eigenvalue weighted by atomic mass is 10.1. The fourth-order valence-electron chi connectivity index (χ4n) is 3.05. The van der Waals surface area contributed by atoms with Gasteiger partial charge in [0.25, 0.3) is 0 Å². The lowest BCUT2D eigenvalue weighted by Gasteiger charge is -2.26. The molecule has 0 aromatic carbocycles. The van der Waals surface area contributed by atoms with Crippen LogP contribution in [0.5, 0.6) is 0 Å². The number of likely N-dealkylation sites (tertiary alicyclic amines) is 1. The molecule has 1 atom stereocenters. The van der Waals surface area contributed by atoms with Gasteiger partial charge in [-0.3, -0.25) is 9.80 Å².